The highest BCUT2D eigenvalue weighted by atomic mass is 19.1. The van der Waals surface area contributed by atoms with Gasteiger partial charge in [0, 0.05) is 42.5 Å². The fourth-order valence-corrected chi connectivity index (χ4v) is 3.16. The van der Waals surface area contributed by atoms with Crippen LogP contribution in [0.4, 0.5) is 4.39 Å². The number of imidazole rings is 1. The predicted octanol–water partition coefficient (Wildman–Crippen LogP) is 3.33. The average molecular weight is 404 g/mol. The third-order valence-electron chi connectivity index (χ3n) is 4.85. The average Bonchev–Trinajstić information content (AvgIpc) is 3.45. The summed E-state index contributed by atoms with van der Waals surface area (Å²) in [5.41, 5.74) is 3.33. The summed E-state index contributed by atoms with van der Waals surface area (Å²) in [6.45, 7) is 2.71. The number of pyridine rings is 1. The third-order valence-corrected chi connectivity index (χ3v) is 4.85. The van der Waals surface area contributed by atoms with E-state index in [2.05, 4.69) is 20.4 Å². The van der Waals surface area contributed by atoms with Gasteiger partial charge < -0.3 is 9.88 Å². The van der Waals surface area contributed by atoms with E-state index in [1.165, 1.54) is 12.1 Å². The molecule has 0 aliphatic heterocycles. The Labute approximate surface area is 173 Å². The van der Waals surface area contributed by atoms with E-state index in [9.17, 15) is 9.18 Å². The van der Waals surface area contributed by atoms with Crippen LogP contribution in [0.5, 0.6) is 0 Å². The first-order chi connectivity index (χ1) is 14.6. The maximum Gasteiger partial charge on any atom is 0.242 e. The maximum absolute atomic E-state index is 13.3. The van der Waals surface area contributed by atoms with Gasteiger partial charge in [0.25, 0.3) is 0 Å². The van der Waals surface area contributed by atoms with Gasteiger partial charge in [0.15, 0.2) is 0 Å². The van der Waals surface area contributed by atoms with Crippen molar-refractivity contribution < 1.29 is 9.18 Å². The van der Waals surface area contributed by atoms with Crippen molar-refractivity contribution in [3.8, 4) is 22.5 Å². The first-order valence-electron chi connectivity index (χ1n) is 9.61. The Hall–Kier alpha value is -3.81. The van der Waals surface area contributed by atoms with E-state index in [0.717, 1.165) is 22.5 Å². The van der Waals surface area contributed by atoms with E-state index in [0.29, 0.717) is 13.1 Å². The topological polar surface area (TPSA) is 77.6 Å². The Balaban J connectivity index is 1.52. The molecule has 0 saturated carbocycles. The van der Waals surface area contributed by atoms with Crippen LogP contribution in [0, 0.1) is 5.82 Å². The number of rotatable bonds is 7. The van der Waals surface area contributed by atoms with Crippen LogP contribution in [0.1, 0.15) is 13.0 Å². The second-order valence-corrected chi connectivity index (χ2v) is 6.86. The smallest absolute Gasteiger partial charge is 0.242 e. The fourth-order valence-electron chi connectivity index (χ4n) is 3.16. The number of carbonyl (C=O) groups excluding carboxylic acids is 1. The molecular weight excluding hydrogens is 383 g/mol. The Morgan fingerprint density at radius 3 is 2.67 bits per heavy atom. The van der Waals surface area contributed by atoms with Gasteiger partial charge in [-0.3, -0.25) is 14.5 Å². The lowest BCUT2D eigenvalue weighted by Crippen LogP contribution is -2.33. The van der Waals surface area contributed by atoms with E-state index >= 15 is 0 Å². The molecule has 3 aromatic heterocycles. The molecule has 152 valence electrons. The Bertz CT molecular complexity index is 1110. The monoisotopic (exact) mass is 404 g/mol. The van der Waals surface area contributed by atoms with E-state index in [1.54, 1.807) is 47.8 Å². The van der Waals surface area contributed by atoms with Crippen LogP contribution in [0.3, 0.4) is 0 Å². The second-order valence-electron chi connectivity index (χ2n) is 6.86. The van der Waals surface area contributed by atoms with Crippen molar-refractivity contribution in [3.05, 3.63) is 79.4 Å². The van der Waals surface area contributed by atoms with Crippen LogP contribution in [-0.2, 0) is 11.3 Å². The number of halogens is 1. The number of carbonyl (C=O) groups is 1. The molecule has 1 N–H and O–H groups in total. The van der Waals surface area contributed by atoms with E-state index in [1.807, 2.05) is 29.8 Å². The molecule has 1 aromatic carbocycles. The molecule has 0 radical (unpaired) electrons. The minimum absolute atomic E-state index is 0.0955. The molecule has 0 aliphatic carbocycles. The molecule has 1 unspecified atom stereocenters. The highest BCUT2D eigenvalue weighted by Gasteiger charge is 2.15. The van der Waals surface area contributed by atoms with E-state index in [4.69, 9.17) is 0 Å². The quantitative estimate of drug-likeness (QED) is 0.513. The molecule has 0 bridgehead atoms. The van der Waals surface area contributed by atoms with Gasteiger partial charge >= 0.3 is 0 Å². The molecule has 3 heterocycles. The van der Waals surface area contributed by atoms with Crippen LogP contribution in [0.15, 0.2) is 73.6 Å². The van der Waals surface area contributed by atoms with Crippen LogP contribution < -0.4 is 5.32 Å². The molecule has 1 atom stereocenters. The third kappa shape index (κ3) is 4.27. The number of aromatic nitrogens is 5. The molecule has 8 heteroatoms. The zero-order valence-electron chi connectivity index (χ0n) is 16.4. The number of hydrogen-bond donors (Lipinski definition) is 1. The highest BCUT2D eigenvalue weighted by molar-refractivity contribution is 5.79. The zero-order valence-corrected chi connectivity index (χ0v) is 16.4. The predicted molar refractivity (Wildman–Crippen MR) is 111 cm³/mol. The summed E-state index contributed by atoms with van der Waals surface area (Å²) in [5.74, 6) is -0.387. The summed E-state index contributed by atoms with van der Waals surface area (Å²) in [6, 6.07) is 11.6. The van der Waals surface area contributed by atoms with Crippen molar-refractivity contribution in [1.29, 1.82) is 0 Å². The van der Waals surface area contributed by atoms with Gasteiger partial charge in [-0.2, -0.15) is 5.10 Å². The van der Waals surface area contributed by atoms with E-state index in [-0.39, 0.29) is 17.8 Å². The number of nitrogens with one attached hydrogen (secondary N) is 1. The van der Waals surface area contributed by atoms with Gasteiger partial charge in [0.2, 0.25) is 5.91 Å². The van der Waals surface area contributed by atoms with Crippen LogP contribution in [0.2, 0.25) is 0 Å². The Kier molecular flexibility index (Phi) is 5.65. The number of amides is 1. The van der Waals surface area contributed by atoms with Crippen molar-refractivity contribution in [3.63, 3.8) is 0 Å². The molecule has 4 rings (SSSR count). The lowest BCUT2D eigenvalue weighted by molar-refractivity contribution is -0.123. The second kappa shape index (κ2) is 8.69. The van der Waals surface area contributed by atoms with Crippen molar-refractivity contribution >= 4 is 5.91 Å². The first-order valence-corrected chi connectivity index (χ1v) is 9.61. The molecule has 4 aromatic rings. The van der Waals surface area contributed by atoms with Crippen LogP contribution in [-0.4, -0.2) is 36.8 Å². The molecule has 0 aliphatic rings. The molecular formula is C22H21FN6O. The van der Waals surface area contributed by atoms with Gasteiger partial charge in [-0.25, -0.2) is 9.37 Å². The van der Waals surface area contributed by atoms with Gasteiger partial charge in [-0.05, 0) is 49.4 Å². The van der Waals surface area contributed by atoms with Crippen LogP contribution in [0.25, 0.3) is 22.5 Å². The summed E-state index contributed by atoms with van der Waals surface area (Å²) < 4.78 is 16.9. The van der Waals surface area contributed by atoms with Gasteiger partial charge in [-0.1, -0.05) is 0 Å². The lowest BCUT2D eigenvalue weighted by atomic mass is 10.1. The maximum atomic E-state index is 13.3. The number of nitrogens with zero attached hydrogens (tertiary/aromatic N) is 5. The number of benzene rings is 1. The molecule has 0 saturated heterocycles. The molecule has 0 spiro atoms. The normalized spacial score (nSPS) is 11.9. The molecule has 0 fully saturated rings. The Morgan fingerprint density at radius 1 is 1.13 bits per heavy atom. The molecule has 30 heavy (non-hydrogen) atoms. The first kappa shape index (κ1) is 19.5. The summed E-state index contributed by atoms with van der Waals surface area (Å²) in [5, 5.41) is 7.62. The van der Waals surface area contributed by atoms with Crippen molar-refractivity contribution in [1.82, 2.24) is 29.6 Å². The van der Waals surface area contributed by atoms with Crippen molar-refractivity contribution in [2.45, 2.75) is 19.5 Å². The summed E-state index contributed by atoms with van der Waals surface area (Å²) in [6.07, 6.45) is 8.50. The lowest BCUT2D eigenvalue weighted by Gasteiger charge is -2.14. The molecule has 7 nitrogen and oxygen atoms in total. The number of hydrogen-bond acceptors (Lipinski definition) is 4. The van der Waals surface area contributed by atoms with Crippen molar-refractivity contribution in [2.24, 2.45) is 0 Å². The highest BCUT2D eigenvalue weighted by Crippen LogP contribution is 2.26. The van der Waals surface area contributed by atoms with Crippen molar-refractivity contribution in [2.75, 3.05) is 6.54 Å². The summed E-state index contributed by atoms with van der Waals surface area (Å²) in [4.78, 5) is 20.6. The molecule has 1 amide bonds. The minimum Gasteiger partial charge on any atom is -0.352 e. The SMILES string of the molecule is CC(C(=O)NCCn1nc(-c2ccc(F)cc2)cc1-c1cccnc1)n1ccnc1. The van der Waals surface area contributed by atoms with E-state index < -0.39 is 0 Å². The summed E-state index contributed by atoms with van der Waals surface area (Å²) >= 11 is 0. The largest absolute Gasteiger partial charge is 0.352 e. The van der Waals surface area contributed by atoms with Gasteiger partial charge in [0.05, 0.1) is 24.3 Å². The zero-order chi connectivity index (χ0) is 20.9. The van der Waals surface area contributed by atoms with Gasteiger partial charge in [0.1, 0.15) is 11.9 Å². The minimum atomic E-state index is -0.349. The fraction of sp³-hybridized carbons (Fsp3) is 0.182. The Morgan fingerprint density at radius 2 is 1.97 bits per heavy atom. The summed E-state index contributed by atoms with van der Waals surface area (Å²) in [7, 11) is 0. The van der Waals surface area contributed by atoms with Gasteiger partial charge in [-0.15, -0.1) is 0 Å². The standard InChI is InChI=1S/C22H21FN6O/c1-16(28-11-9-25-15-28)22(30)26-10-12-29-21(18-3-2-8-24-14-18)13-20(27-29)17-4-6-19(23)7-5-17/h2-9,11,13-16H,10,12H2,1H3,(H,26,30). The van der Waals surface area contributed by atoms with Crippen LogP contribution >= 0.6 is 0 Å².